The van der Waals surface area contributed by atoms with Crippen molar-refractivity contribution in [3.63, 3.8) is 0 Å². The van der Waals surface area contributed by atoms with Crippen LogP contribution in [0.25, 0.3) is 65.3 Å². The highest BCUT2D eigenvalue weighted by molar-refractivity contribution is 6.25. The Hall–Kier alpha value is -4.42. The minimum Gasteiger partial charge on any atom is -0.0651 e. The maximum Gasteiger partial charge on any atom is -0.00200 e. The van der Waals surface area contributed by atoms with Crippen LogP contribution in [0.5, 0.6) is 0 Å². The summed E-state index contributed by atoms with van der Waals surface area (Å²) in [6, 6.07) is 45.2. The van der Waals surface area contributed by atoms with Crippen molar-refractivity contribution < 1.29 is 0 Å². The third-order valence-corrected chi connectivity index (χ3v) is 7.99. The van der Waals surface area contributed by atoms with Crippen molar-refractivity contribution in [3.8, 4) is 22.3 Å². The number of benzene rings is 7. The third kappa shape index (κ3) is 3.60. The zero-order valence-electron chi connectivity index (χ0n) is 22.0. The Morgan fingerprint density at radius 3 is 1.58 bits per heavy atom. The molecular weight excluding hydrogens is 456 g/mol. The molecule has 0 N–H and O–H groups in total. The van der Waals surface area contributed by atoms with E-state index >= 15 is 0 Å². The highest BCUT2D eigenvalue weighted by Gasteiger charge is 2.19. The van der Waals surface area contributed by atoms with Gasteiger partial charge in [-0.05, 0) is 84.3 Å². The Kier molecular flexibility index (Phi) is 5.48. The first-order valence-electron chi connectivity index (χ1n) is 13.7. The highest BCUT2D eigenvalue weighted by Crippen LogP contribution is 2.47. The van der Waals surface area contributed by atoms with Gasteiger partial charge in [0, 0.05) is 0 Å². The van der Waals surface area contributed by atoms with Crippen molar-refractivity contribution in [1.82, 2.24) is 0 Å². The maximum absolute atomic E-state index is 2.46. The fourth-order valence-corrected chi connectivity index (χ4v) is 6.30. The fourth-order valence-electron chi connectivity index (χ4n) is 6.30. The Bertz CT molecular complexity index is 1980. The molecule has 0 nitrogen and oxygen atoms in total. The van der Waals surface area contributed by atoms with Gasteiger partial charge >= 0.3 is 0 Å². The van der Waals surface area contributed by atoms with Crippen LogP contribution in [0.4, 0.5) is 0 Å². The predicted octanol–water partition coefficient (Wildman–Crippen LogP) is 10.9. The third-order valence-electron chi connectivity index (χ3n) is 7.99. The first-order valence-corrected chi connectivity index (χ1v) is 13.7. The summed E-state index contributed by atoms with van der Waals surface area (Å²) < 4.78 is 0. The van der Waals surface area contributed by atoms with Crippen LogP contribution in [0.15, 0.2) is 121 Å². The summed E-state index contributed by atoms with van der Waals surface area (Å²) in [6.07, 6.45) is 2.22. The highest BCUT2D eigenvalue weighted by atomic mass is 14.2. The molecule has 0 saturated carbocycles. The van der Waals surface area contributed by atoms with Gasteiger partial charge in [-0.15, -0.1) is 0 Å². The lowest BCUT2D eigenvalue weighted by molar-refractivity contribution is 0.924. The average Bonchev–Trinajstić information content (AvgIpc) is 2.96. The maximum atomic E-state index is 2.46. The molecule has 0 fully saturated rings. The molecule has 38 heavy (non-hydrogen) atoms. The van der Waals surface area contributed by atoms with E-state index in [-0.39, 0.29) is 0 Å². The molecule has 0 heterocycles. The van der Waals surface area contributed by atoms with Crippen LogP contribution >= 0.6 is 0 Å². The summed E-state index contributed by atoms with van der Waals surface area (Å²) in [7, 11) is 0. The standard InChI is InChI=1S/C38H30/c1-3-10-26-20-22-34-36(24-26)38(32-18-9-14-28-12-5-7-16-30(28)32)33-21-19-25(2)23-35(33)37(34)31-17-8-13-27-11-4-6-15-29(27)31/h4-9,11-24H,3,10H2,1-2H3. The largest absolute Gasteiger partial charge is 0.0651 e. The van der Waals surface area contributed by atoms with Crippen molar-refractivity contribution in [2.75, 3.05) is 0 Å². The molecule has 182 valence electrons. The van der Waals surface area contributed by atoms with Gasteiger partial charge in [0.2, 0.25) is 0 Å². The number of aryl methyl sites for hydroxylation is 2. The summed E-state index contributed by atoms with van der Waals surface area (Å²) in [4.78, 5) is 0. The van der Waals surface area contributed by atoms with Gasteiger partial charge in [0.15, 0.2) is 0 Å². The van der Waals surface area contributed by atoms with Crippen molar-refractivity contribution in [1.29, 1.82) is 0 Å². The second-order valence-corrected chi connectivity index (χ2v) is 10.5. The monoisotopic (exact) mass is 486 g/mol. The molecule has 7 aromatic carbocycles. The Morgan fingerprint density at radius 2 is 0.974 bits per heavy atom. The van der Waals surface area contributed by atoms with E-state index in [1.54, 1.807) is 0 Å². The zero-order valence-corrected chi connectivity index (χ0v) is 22.0. The smallest absolute Gasteiger partial charge is 0.00200 e. The average molecular weight is 487 g/mol. The molecule has 0 bridgehead atoms. The number of hydrogen-bond acceptors (Lipinski definition) is 0. The van der Waals surface area contributed by atoms with Crippen LogP contribution in [0.3, 0.4) is 0 Å². The van der Waals surface area contributed by atoms with Gasteiger partial charge in [-0.2, -0.15) is 0 Å². The van der Waals surface area contributed by atoms with E-state index in [1.807, 2.05) is 0 Å². The summed E-state index contributed by atoms with van der Waals surface area (Å²) in [5.41, 5.74) is 7.97. The lowest BCUT2D eigenvalue weighted by atomic mass is 9.82. The molecule has 0 aliphatic rings. The first-order chi connectivity index (χ1) is 18.7. The van der Waals surface area contributed by atoms with Crippen LogP contribution in [0, 0.1) is 6.92 Å². The lowest BCUT2D eigenvalue weighted by Gasteiger charge is -2.21. The second kappa shape index (κ2) is 9.15. The molecule has 0 aliphatic carbocycles. The van der Waals surface area contributed by atoms with Crippen molar-refractivity contribution >= 4 is 43.1 Å². The van der Waals surface area contributed by atoms with Crippen LogP contribution < -0.4 is 0 Å². The molecule has 7 aromatic rings. The van der Waals surface area contributed by atoms with Gasteiger partial charge in [-0.3, -0.25) is 0 Å². The molecule has 0 saturated heterocycles. The second-order valence-electron chi connectivity index (χ2n) is 10.5. The Labute approximate surface area is 224 Å². The lowest BCUT2D eigenvalue weighted by Crippen LogP contribution is -1.94. The van der Waals surface area contributed by atoms with E-state index in [0.717, 1.165) is 12.8 Å². The van der Waals surface area contributed by atoms with Gasteiger partial charge in [-0.1, -0.05) is 140 Å². The van der Waals surface area contributed by atoms with Gasteiger partial charge in [0.25, 0.3) is 0 Å². The number of rotatable bonds is 4. The normalized spacial score (nSPS) is 11.6. The molecule has 0 unspecified atom stereocenters. The van der Waals surface area contributed by atoms with Crippen LogP contribution in [0.1, 0.15) is 24.5 Å². The topological polar surface area (TPSA) is 0 Å². The summed E-state index contributed by atoms with van der Waals surface area (Å²) in [5.74, 6) is 0. The Balaban J connectivity index is 1.72. The van der Waals surface area contributed by atoms with Crippen LogP contribution in [-0.2, 0) is 6.42 Å². The van der Waals surface area contributed by atoms with Crippen LogP contribution in [0.2, 0.25) is 0 Å². The first kappa shape index (κ1) is 22.8. The quantitative estimate of drug-likeness (QED) is 0.217. The van der Waals surface area contributed by atoms with E-state index in [4.69, 9.17) is 0 Å². The minimum absolute atomic E-state index is 1.08. The molecule has 0 heteroatoms. The summed E-state index contributed by atoms with van der Waals surface area (Å²) in [5, 5.41) is 10.5. The summed E-state index contributed by atoms with van der Waals surface area (Å²) >= 11 is 0. The van der Waals surface area contributed by atoms with E-state index < -0.39 is 0 Å². The molecule has 0 aromatic heterocycles. The van der Waals surface area contributed by atoms with Crippen molar-refractivity contribution in [2.45, 2.75) is 26.7 Å². The SMILES string of the molecule is CCCc1ccc2c(-c3cccc4ccccc34)c3cc(C)ccc3c(-c3cccc4ccccc34)c2c1. The molecule has 0 spiro atoms. The molecular formula is C38H30. The fraction of sp³-hybridized carbons (Fsp3) is 0.105. The van der Waals surface area contributed by atoms with Crippen molar-refractivity contribution in [3.05, 3.63) is 132 Å². The molecule has 0 amide bonds. The van der Waals surface area contributed by atoms with Gasteiger partial charge < -0.3 is 0 Å². The van der Waals surface area contributed by atoms with Crippen molar-refractivity contribution in [2.24, 2.45) is 0 Å². The molecule has 7 rings (SSSR count). The zero-order chi connectivity index (χ0) is 25.6. The van der Waals surface area contributed by atoms with Gasteiger partial charge in [0.05, 0.1) is 0 Å². The van der Waals surface area contributed by atoms with E-state index in [0.29, 0.717) is 0 Å². The minimum atomic E-state index is 1.08. The van der Waals surface area contributed by atoms with E-state index in [9.17, 15) is 0 Å². The molecule has 0 aliphatic heterocycles. The van der Waals surface area contributed by atoms with Gasteiger partial charge in [0.1, 0.15) is 0 Å². The van der Waals surface area contributed by atoms with Gasteiger partial charge in [-0.25, -0.2) is 0 Å². The van der Waals surface area contributed by atoms with Crippen LogP contribution in [-0.4, -0.2) is 0 Å². The summed E-state index contributed by atoms with van der Waals surface area (Å²) in [6.45, 7) is 4.47. The molecule has 0 radical (unpaired) electrons. The predicted molar refractivity (Wildman–Crippen MR) is 166 cm³/mol. The number of hydrogen-bond donors (Lipinski definition) is 0. The molecule has 0 atom stereocenters. The number of fused-ring (bicyclic) bond motifs is 4. The van der Waals surface area contributed by atoms with E-state index in [1.165, 1.54) is 76.5 Å². The Morgan fingerprint density at radius 1 is 0.447 bits per heavy atom. The van der Waals surface area contributed by atoms with E-state index in [2.05, 4.69) is 135 Å².